The fraction of sp³-hybridized carbons (Fsp3) is 0.364. The van der Waals surface area contributed by atoms with Gasteiger partial charge in [-0.1, -0.05) is 15.9 Å². The zero-order chi connectivity index (χ0) is 14.7. The Kier molecular flexibility index (Phi) is 4.81. The molecule has 0 aliphatic rings. The maximum atomic E-state index is 12.6. The lowest BCUT2D eigenvalue weighted by Gasteiger charge is -2.27. The van der Waals surface area contributed by atoms with Crippen LogP contribution < -0.4 is 10.5 Å². The van der Waals surface area contributed by atoms with Gasteiger partial charge >= 0.3 is 12.1 Å². The molecule has 19 heavy (non-hydrogen) atoms. The van der Waals surface area contributed by atoms with Crippen LogP contribution in [0.4, 0.5) is 13.2 Å². The number of benzene rings is 1. The number of hydrogen-bond acceptors (Lipinski definition) is 3. The molecule has 8 heteroatoms. The molecular weight excluding hydrogens is 331 g/mol. The molecule has 0 saturated heterocycles. The fourth-order valence-corrected chi connectivity index (χ4v) is 1.49. The molecule has 0 amide bonds. The normalized spacial score (nSPS) is 14.8. The number of nitrogens with two attached hydrogens (primary N) is 1. The minimum Gasteiger partial charge on any atom is -0.494 e. The van der Waals surface area contributed by atoms with Gasteiger partial charge in [-0.25, -0.2) is 4.79 Å². The van der Waals surface area contributed by atoms with Gasteiger partial charge in [0.15, 0.2) is 0 Å². The van der Waals surface area contributed by atoms with E-state index in [2.05, 4.69) is 15.9 Å². The number of carboxylic acid groups (broad SMARTS) is 1. The van der Waals surface area contributed by atoms with Gasteiger partial charge in [0.05, 0.1) is 6.61 Å². The Morgan fingerprint density at radius 1 is 1.32 bits per heavy atom. The van der Waals surface area contributed by atoms with Crippen molar-refractivity contribution in [2.75, 3.05) is 6.61 Å². The van der Waals surface area contributed by atoms with E-state index in [-0.39, 0.29) is 0 Å². The molecular formula is C11H11BrF3NO3. The highest BCUT2D eigenvalue weighted by atomic mass is 79.9. The number of hydrogen-bond donors (Lipinski definition) is 2. The number of alkyl halides is 3. The van der Waals surface area contributed by atoms with E-state index in [1.54, 1.807) is 12.1 Å². The van der Waals surface area contributed by atoms with Crippen molar-refractivity contribution in [1.82, 2.24) is 0 Å². The predicted octanol–water partition coefficient (Wildman–Crippen LogP) is 2.56. The molecule has 0 aromatic heterocycles. The van der Waals surface area contributed by atoms with Gasteiger partial charge in [0.25, 0.3) is 0 Å². The minimum atomic E-state index is -5.04. The first kappa shape index (κ1) is 15.8. The smallest absolute Gasteiger partial charge is 0.417 e. The van der Waals surface area contributed by atoms with Crippen molar-refractivity contribution in [3.8, 4) is 5.75 Å². The SMILES string of the molecule is NC(CCOc1ccc(Br)cc1)(C(=O)O)C(F)(F)F. The first-order chi connectivity index (χ1) is 8.67. The number of carboxylic acids is 1. The molecule has 0 heterocycles. The molecule has 3 N–H and O–H groups in total. The third-order valence-electron chi connectivity index (χ3n) is 2.47. The van der Waals surface area contributed by atoms with Crippen molar-refractivity contribution >= 4 is 21.9 Å². The largest absolute Gasteiger partial charge is 0.494 e. The standard InChI is InChI=1S/C11H11BrF3NO3/c12-7-1-3-8(4-2-7)19-6-5-10(16,9(17)18)11(13,14)15/h1-4H,5-6,16H2,(H,17,18). The summed E-state index contributed by atoms with van der Waals surface area (Å²) in [7, 11) is 0. The van der Waals surface area contributed by atoms with E-state index in [4.69, 9.17) is 15.6 Å². The van der Waals surface area contributed by atoms with Crippen molar-refractivity contribution in [2.45, 2.75) is 18.1 Å². The predicted molar refractivity (Wildman–Crippen MR) is 64.9 cm³/mol. The first-order valence-electron chi connectivity index (χ1n) is 5.14. The van der Waals surface area contributed by atoms with E-state index in [1.165, 1.54) is 12.1 Å². The van der Waals surface area contributed by atoms with Crippen LogP contribution in [-0.2, 0) is 4.79 Å². The first-order valence-corrected chi connectivity index (χ1v) is 5.93. The Hall–Kier alpha value is -1.28. The van der Waals surface area contributed by atoms with Crippen molar-refractivity contribution in [3.05, 3.63) is 28.7 Å². The summed E-state index contributed by atoms with van der Waals surface area (Å²) in [4.78, 5) is 10.6. The van der Waals surface area contributed by atoms with Crippen LogP contribution in [0.15, 0.2) is 28.7 Å². The zero-order valence-electron chi connectivity index (χ0n) is 9.58. The molecule has 0 aliphatic heterocycles. The quantitative estimate of drug-likeness (QED) is 0.863. The average molecular weight is 342 g/mol. The van der Waals surface area contributed by atoms with E-state index in [0.717, 1.165) is 4.47 Å². The molecule has 1 unspecified atom stereocenters. The van der Waals surface area contributed by atoms with Gasteiger partial charge in [-0.05, 0) is 24.3 Å². The zero-order valence-corrected chi connectivity index (χ0v) is 11.2. The molecule has 1 aromatic rings. The van der Waals surface area contributed by atoms with Crippen LogP contribution in [0.3, 0.4) is 0 Å². The van der Waals surface area contributed by atoms with Crippen molar-refractivity contribution < 1.29 is 27.8 Å². The van der Waals surface area contributed by atoms with Crippen molar-refractivity contribution in [1.29, 1.82) is 0 Å². The number of rotatable bonds is 5. The lowest BCUT2D eigenvalue weighted by Crippen LogP contribution is -2.60. The summed E-state index contributed by atoms with van der Waals surface area (Å²) in [5.74, 6) is -1.79. The summed E-state index contributed by atoms with van der Waals surface area (Å²) < 4.78 is 43.5. The van der Waals surface area contributed by atoms with E-state index < -0.39 is 30.7 Å². The molecule has 0 bridgehead atoms. The second-order valence-electron chi connectivity index (χ2n) is 3.83. The second-order valence-corrected chi connectivity index (χ2v) is 4.74. The van der Waals surface area contributed by atoms with Crippen molar-refractivity contribution in [3.63, 3.8) is 0 Å². The average Bonchev–Trinajstić information content (AvgIpc) is 2.29. The number of aliphatic carboxylic acids is 1. The highest BCUT2D eigenvalue weighted by Gasteiger charge is 2.57. The maximum absolute atomic E-state index is 12.6. The molecule has 0 spiro atoms. The molecule has 1 aromatic carbocycles. The Morgan fingerprint density at radius 3 is 2.26 bits per heavy atom. The number of ether oxygens (including phenoxy) is 1. The van der Waals surface area contributed by atoms with E-state index >= 15 is 0 Å². The van der Waals surface area contributed by atoms with Crippen LogP contribution >= 0.6 is 15.9 Å². The molecule has 1 atom stereocenters. The molecule has 0 radical (unpaired) electrons. The fourth-order valence-electron chi connectivity index (χ4n) is 1.23. The topological polar surface area (TPSA) is 72.5 Å². The van der Waals surface area contributed by atoms with Crippen LogP contribution in [0.2, 0.25) is 0 Å². The summed E-state index contributed by atoms with van der Waals surface area (Å²) in [6.07, 6.45) is -5.91. The molecule has 0 saturated carbocycles. The Bertz CT molecular complexity index is 449. The van der Waals surface area contributed by atoms with Gasteiger partial charge in [-0.15, -0.1) is 0 Å². The lowest BCUT2D eigenvalue weighted by molar-refractivity contribution is -0.204. The van der Waals surface area contributed by atoms with Crippen LogP contribution in [0.25, 0.3) is 0 Å². The summed E-state index contributed by atoms with van der Waals surface area (Å²) >= 11 is 3.19. The Balaban J connectivity index is 2.64. The highest BCUT2D eigenvalue weighted by Crippen LogP contribution is 2.31. The lowest BCUT2D eigenvalue weighted by atomic mass is 9.96. The molecule has 0 aliphatic carbocycles. The third-order valence-corrected chi connectivity index (χ3v) is 2.99. The summed E-state index contributed by atoms with van der Waals surface area (Å²) in [6, 6.07) is 6.37. The molecule has 0 fully saturated rings. The van der Waals surface area contributed by atoms with Crippen LogP contribution in [0.1, 0.15) is 6.42 Å². The van der Waals surface area contributed by atoms with E-state index in [0.29, 0.717) is 5.75 Å². The summed E-state index contributed by atoms with van der Waals surface area (Å²) in [5.41, 5.74) is 1.59. The van der Waals surface area contributed by atoms with Gasteiger partial charge < -0.3 is 15.6 Å². The maximum Gasteiger partial charge on any atom is 0.417 e. The monoisotopic (exact) mass is 341 g/mol. The molecule has 4 nitrogen and oxygen atoms in total. The van der Waals surface area contributed by atoms with Gasteiger partial charge in [-0.2, -0.15) is 13.2 Å². The van der Waals surface area contributed by atoms with Gasteiger partial charge in [0, 0.05) is 10.9 Å². The number of carbonyl (C=O) groups is 1. The van der Waals surface area contributed by atoms with Gasteiger partial charge in [0.2, 0.25) is 5.54 Å². The van der Waals surface area contributed by atoms with Crippen LogP contribution in [0, 0.1) is 0 Å². The Labute approximate surface area is 115 Å². The molecule has 106 valence electrons. The van der Waals surface area contributed by atoms with E-state index in [1.807, 2.05) is 0 Å². The summed E-state index contributed by atoms with van der Waals surface area (Å²) in [5, 5.41) is 8.59. The third kappa shape index (κ3) is 3.84. The minimum absolute atomic E-state index is 0.332. The van der Waals surface area contributed by atoms with Crippen LogP contribution in [-0.4, -0.2) is 29.4 Å². The highest BCUT2D eigenvalue weighted by molar-refractivity contribution is 9.10. The van der Waals surface area contributed by atoms with Crippen molar-refractivity contribution in [2.24, 2.45) is 5.73 Å². The van der Waals surface area contributed by atoms with Crippen LogP contribution in [0.5, 0.6) is 5.75 Å². The molecule has 1 rings (SSSR count). The second kappa shape index (κ2) is 5.79. The van der Waals surface area contributed by atoms with E-state index in [9.17, 15) is 18.0 Å². The summed E-state index contributed by atoms with van der Waals surface area (Å²) in [6.45, 7) is -0.454. The number of halogens is 4. The van der Waals surface area contributed by atoms with Gasteiger partial charge in [-0.3, -0.25) is 0 Å². The Morgan fingerprint density at radius 2 is 1.84 bits per heavy atom. The van der Waals surface area contributed by atoms with Gasteiger partial charge in [0.1, 0.15) is 5.75 Å².